The van der Waals surface area contributed by atoms with Crippen LogP contribution < -0.4 is 5.32 Å². The smallest absolute Gasteiger partial charge is 0.313 e. The summed E-state index contributed by atoms with van der Waals surface area (Å²) < 4.78 is 12.9. The van der Waals surface area contributed by atoms with Crippen LogP contribution in [0.2, 0.25) is 0 Å². The zero-order valence-electron chi connectivity index (χ0n) is 28.5. The van der Waals surface area contributed by atoms with Crippen molar-refractivity contribution < 1.29 is 33.8 Å². The third kappa shape index (κ3) is 7.99. The van der Waals surface area contributed by atoms with Gasteiger partial charge in [-0.05, 0) is 44.1 Å². The minimum Gasteiger partial charge on any atom is -0.455 e. The molecule has 11 heteroatoms. The molecule has 1 aromatic carbocycles. The molecule has 1 aliphatic carbocycles. The molecule has 1 aromatic rings. The maximum Gasteiger partial charge on any atom is 0.313 e. The van der Waals surface area contributed by atoms with Gasteiger partial charge in [0.25, 0.3) is 0 Å². The Bertz CT molecular complexity index is 1340. The Hall–Kier alpha value is -3.02. The largest absolute Gasteiger partial charge is 0.455 e. The molecular formula is C38H52BrN3O7. The van der Waals surface area contributed by atoms with Gasteiger partial charge in [0.1, 0.15) is 17.7 Å². The number of rotatable bonds is 18. The number of hydrogen-bond donors (Lipinski definition) is 2. The van der Waals surface area contributed by atoms with Crippen molar-refractivity contribution in [3.8, 4) is 0 Å². The summed E-state index contributed by atoms with van der Waals surface area (Å²) in [6.07, 6.45) is 11.2. The first-order chi connectivity index (χ1) is 23.8. The number of nitrogens with one attached hydrogen (secondary N) is 1. The maximum atomic E-state index is 14.8. The van der Waals surface area contributed by atoms with E-state index in [0.29, 0.717) is 38.8 Å². The third-order valence-electron chi connectivity index (χ3n) is 10.7. The van der Waals surface area contributed by atoms with Crippen molar-refractivity contribution in [2.24, 2.45) is 11.8 Å². The zero-order valence-corrected chi connectivity index (χ0v) is 30.1. The highest BCUT2D eigenvalue weighted by atomic mass is 79.9. The molecule has 2 N–H and O–H groups in total. The second-order valence-corrected chi connectivity index (χ2v) is 15.0. The van der Waals surface area contributed by atoms with E-state index >= 15 is 0 Å². The minimum absolute atomic E-state index is 0.0589. The van der Waals surface area contributed by atoms with E-state index in [1.54, 1.807) is 17.1 Å². The summed E-state index contributed by atoms with van der Waals surface area (Å²) in [5, 5.41) is 12.2. The van der Waals surface area contributed by atoms with Gasteiger partial charge in [0.15, 0.2) is 0 Å². The Morgan fingerprint density at radius 1 is 1.10 bits per heavy atom. The Morgan fingerprint density at radius 2 is 1.84 bits per heavy atom. The standard InChI is InChI=1S/C38H52BrN3O7/c1-3-5-20-30(44)40-25-29(26-16-10-8-11-17-26)48-37(47)31-32-35(45)42(22-14-6-7-15-23-43)34(38(32)24-28(39)33(31)49-38)36(46)41(21-4-2)27-18-12-9-13-19-27/h3-4,8,10-11,16-17,27-29,31-34,43H,1-2,5-7,9,12-15,18-25H2,(H,40,44)/t28?,29-,31+,32-,33+,34+,38-/m1/s1. The lowest BCUT2D eigenvalue weighted by Crippen LogP contribution is -2.58. The molecule has 0 radical (unpaired) electrons. The number of ether oxygens (including phenoxy) is 2. The number of likely N-dealkylation sites (tertiary alicyclic amines) is 1. The predicted molar refractivity (Wildman–Crippen MR) is 189 cm³/mol. The third-order valence-corrected chi connectivity index (χ3v) is 11.6. The second-order valence-electron chi connectivity index (χ2n) is 13.9. The van der Waals surface area contributed by atoms with E-state index < -0.39 is 41.7 Å². The fourth-order valence-electron chi connectivity index (χ4n) is 8.42. The molecule has 4 aliphatic rings. The van der Waals surface area contributed by atoms with Gasteiger partial charge in [0.05, 0.1) is 24.5 Å². The highest BCUT2D eigenvalue weighted by molar-refractivity contribution is 9.09. The molecule has 1 unspecified atom stereocenters. The maximum absolute atomic E-state index is 14.8. The van der Waals surface area contributed by atoms with Crippen LogP contribution in [0.15, 0.2) is 55.6 Å². The Labute approximate surface area is 298 Å². The van der Waals surface area contributed by atoms with Gasteiger partial charge in [-0.3, -0.25) is 19.2 Å². The molecule has 0 aromatic heterocycles. The molecule has 5 rings (SSSR count). The molecule has 3 heterocycles. The normalized spacial score (nSPS) is 28.2. The van der Waals surface area contributed by atoms with E-state index in [1.165, 1.54) is 0 Å². The Kier molecular flexibility index (Phi) is 13.1. The van der Waals surface area contributed by atoms with E-state index in [9.17, 15) is 24.3 Å². The van der Waals surface area contributed by atoms with E-state index in [2.05, 4.69) is 34.4 Å². The SMILES string of the molecule is C=CCCC(=O)NC[C@@H](OC(=O)[C@@H]1[C@H]2O[C@@]3(CC2Br)[C@H](C(=O)N(CC=C)C2CCCCC2)N(CCCCCCO)C(=O)[C@@H]13)c1ccccc1. The number of amides is 3. The molecule has 268 valence electrons. The summed E-state index contributed by atoms with van der Waals surface area (Å²) in [5.41, 5.74) is -0.464. The summed E-state index contributed by atoms with van der Waals surface area (Å²) >= 11 is 3.77. The molecule has 2 bridgehead atoms. The summed E-state index contributed by atoms with van der Waals surface area (Å²) in [5.74, 6) is -2.94. The van der Waals surface area contributed by atoms with Crippen molar-refractivity contribution >= 4 is 39.6 Å². The Morgan fingerprint density at radius 3 is 2.53 bits per heavy atom. The average Bonchev–Trinajstić information content (AvgIpc) is 3.71. The first-order valence-corrected chi connectivity index (χ1v) is 19.0. The van der Waals surface area contributed by atoms with Crippen LogP contribution in [-0.4, -0.2) is 93.5 Å². The topological polar surface area (TPSA) is 125 Å². The van der Waals surface area contributed by atoms with Crippen molar-refractivity contribution in [1.82, 2.24) is 15.1 Å². The van der Waals surface area contributed by atoms with Crippen molar-refractivity contribution in [2.45, 2.75) is 112 Å². The number of carbonyl (C=O) groups is 4. The molecule has 7 atom stereocenters. The number of esters is 1. The van der Waals surface area contributed by atoms with Gasteiger partial charge in [-0.25, -0.2) is 0 Å². The highest BCUT2D eigenvalue weighted by Crippen LogP contribution is 2.60. The molecule has 49 heavy (non-hydrogen) atoms. The molecule has 4 fully saturated rings. The lowest BCUT2D eigenvalue weighted by molar-refractivity contribution is -0.160. The minimum atomic E-state index is -1.18. The van der Waals surface area contributed by atoms with Gasteiger partial charge in [-0.1, -0.05) is 90.5 Å². The van der Waals surface area contributed by atoms with Gasteiger partial charge in [0.2, 0.25) is 17.7 Å². The number of nitrogens with zero attached hydrogens (tertiary/aromatic N) is 2. The number of halogens is 1. The van der Waals surface area contributed by atoms with Crippen LogP contribution in [0.4, 0.5) is 0 Å². The second kappa shape index (κ2) is 17.3. The number of allylic oxidation sites excluding steroid dienone is 1. The van der Waals surface area contributed by atoms with Gasteiger partial charge in [-0.2, -0.15) is 0 Å². The van der Waals surface area contributed by atoms with Crippen molar-refractivity contribution in [3.05, 3.63) is 61.2 Å². The number of carbonyl (C=O) groups excluding carboxylic acids is 4. The number of alkyl halides is 1. The summed E-state index contributed by atoms with van der Waals surface area (Å²) in [7, 11) is 0. The number of aliphatic hydroxyl groups is 1. The van der Waals surface area contributed by atoms with Gasteiger partial charge in [-0.15, -0.1) is 13.2 Å². The fourth-order valence-corrected chi connectivity index (χ4v) is 9.36. The number of benzene rings is 1. The van der Waals surface area contributed by atoms with Crippen molar-refractivity contribution in [2.75, 3.05) is 26.2 Å². The molecule has 1 saturated carbocycles. The molecule has 1 spiro atoms. The summed E-state index contributed by atoms with van der Waals surface area (Å²) in [6.45, 7) is 8.54. The van der Waals surface area contributed by atoms with Crippen LogP contribution in [0, 0.1) is 11.8 Å². The summed E-state index contributed by atoms with van der Waals surface area (Å²) in [6, 6.07) is 8.42. The Balaban J connectivity index is 1.44. The molecule has 3 aliphatic heterocycles. The van der Waals surface area contributed by atoms with Crippen LogP contribution in [0.25, 0.3) is 0 Å². The van der Waals surface area contributed by atoms with Crippen molar-refractivity contribution in [3.63, 3.8) is 0 Å². The van der Waals surface area contributed by atoms with E-state index in [1.807, 2.05) is 35.2 Å². The molecule has 10 nitrogen and oxygen atoms in total. The van der Waals surface area contributed by atoms with E-state index in [0.717, 1.165) is 50.5 Å². The van der Waals surface area contributed by atoms with E-state index in [-0.39, 0.29) is 48.2 Å². The predicted octanol–water partition coefficient (Wildman–Crippen LogP) is 5.00. The van der Waals surface area contributed by atoms with Gasteiger partial charge < -0.3 is 29.7 Å². The first kappa shape index (κ1) is 37.2. The number of unbranched alkanes of at least 4 members (excludes halogenated alkanes) is 3. The average molecular weight is 743 g/mol. The van der Waals surface area contributed by atoms with E-state index in [4.69, 9.17) is 9.47 Å². The van der Waals surface area contributed by atoms with Crippen LogP contribution in [-0.2, 0) is 28.7 Å². The lowest BCUT2D eigenvalue weighted by Gasteiger charge is -2.41. The van der Waals surface area contributed by atoms with Crippen LogP contribution >= 0.6 is 15.9 Å². The first-order valence-electron chi connectivity index (χ1n) is 18.0. The lowest BCUT2D eigenvalue weighted by atomic mass is 9.70. The summed E-state index contributed by atoms with van der Waals surface area (Å²) in [4.78, 5) is 59.5. The van der Waals surface area contributed by atoms with Crippen LogP contribution in [0.3, 0.4) is 0 Å². The zero-order chi connectivity index (χ0) is 35.0. The monoisotopic (exact) mass is 741 g/mol. The van der Waals surface area contributed by atoms with Gasteiger partial charge >= 0.3 is 5.97 Å². The number of hydrogen-bond acceptors (Lipinski definition) is 7. The fraction of sp³-hybridized carbons (Fsp3) is 0.632. The molecule has 3 saturated heterocycles. The van der Waals surface area contributed by atoms with Gasteiger partial charge in [0, 0.05) is 37.0 Å². The van der Waals surface area contributed by atoms with Crippen molar-refractivity contribution in [1.29, 1.82) is 0 Å². The molecular weight excluding hydrogens is 690 g/mol. The number of aliphatic hydroxyl groups excluding tert-OH is 1. The molecule has 3 amide bonds. The van der Waals surface area contributed by atoms with Crippen LogP contribution in [0.5, 0.6) is 0 Å². The van der Waals surface area contributed by atoms with Crippen LogP contribution in [0.1, 0.15) is 88.7 Å². The number of fused-ring (bicyclic) bond motifs is 1. The quantitative estimate of drug-likeness (QED) is 0.0939. The highest BCUT2D eigenvalue weighted by Gasteiger charge is 2.77.